The maximum Gasteiger partial charge on any atom is 0.274 e. The Bertz CT molecular complexity index is 872. The van der Waals surface area contributed by atoms with Crippen LogP contribution in [0.4, 0.5) is 11.4 Å². The minimum atomic E-state index is -2.93. The second-order valence-electron chi connectivity index (χ2n) is 6.51. The highest BCUT2D eigenvalue weighted by Crippen LogP contribution is 2.18. The summed E-state index contributed by atoms with van der Waals surface area (Å²) in [6.45, 7) is 3.95. The van der Waals surface area contributed by atoms with E-state index in [0.717, 1.165) is 16.8 Å². The summed E-state index contributed by atoms with van der Waals surface area (Å²) in [4.78, 5) is 16.5. The van der Waals surface area contributed by atoms with Gasteiger partial charge in [0.05, 0.1) is 23.4 Å². The number of hydrogen-bond acceptors (Lipinski definition) is 5. The highest BCUT2D eigenvalue weighted by atomic mass is 32.2. The first kappa shape index (κ1) is 17.4. The number of pyridine rings is 1. The molecule has 6 nitrogen and oxygen atoms in total. The lowest BCUT2D eigenvalue weighted by molar-refractivity contribution is 0.102. The van der Waals surface area contributed by atoms with E-state index in [2.05, 4.69) is 15.6 Å². The van der Waals surface area contributed by atoms with Crippen LogP contribution in [0.15, 0.2) is 36.5 Å². The maximum absolute atomic E-state index is 12.3. The van der Waals surface area contributed by atoms with E-state index < -0.39 is 9.84 Å². The summed E-state index contributed by atoms with van der Waals surface area (Å²) in [5.41, 5.74) is 3.92. The molecule has 0 aliphatic carbocycles. The molecule has 2 aromatic rings. The van der Waals surface area contributed by atoms with E-state index in [1.807, 2.05) is 32.0 Å². The predicted molar refractivity (Wildman–Crippen MR) is 98.8 cm³/mol. The van der Waals surface area contributed by atoms with Gasteiger partial charge in [0.25, 0.3) is 5.91 Å². The molecule has 7 heteroatoms. The number of anilines is 2. The van der Waals surface area contributed by atoms with Crippen molar-refractivity contribution >= 4 is 27.1 Å². The molecule has 1 aliphatic heterocycles. The fraction of sp³-hybridized carbons (Fsp3) is 0.333. The van der Waals surface area contributed by atoms with Gasteiger partial charge in [-0.3, -0.25) is 4.79 Å². The average Bonchev–Trinajstić information content (AvgIpc) is 2.85. The molecule has 0 bridgehead atoms. The highest BCUT2D eigenvalue weighted by molar-refractivity contribution is 7.91. The van der Waals surface area contributed by atoms with Gasteiger partial charge < -0.3 is 10.6 Å². The number of aromatic nitrogens is 1. The zero-order valence-electron chi connectivity index (χ0n) is 14.2. The summed E-state index contributed by atoms with van der Waals surface area (Å²) in [7, 11) is -2.93. The molecule has 3 rings (SSSR count). The van der Waals surface area contributed by atoms with Crippen LogP contribution in [-0.2, 0) is 9.84 Å². The Morgan fingerprint density at radius 3 is 2.40 bits per heavy atom. The zero-order valence-corrected chi connectivity index (χ0v) is 15.1. The molecule has 2 heterocycles. The molecule has 0 spiro atoms. The summed E-state index contributed by atoms with van der Waals surface area (Å²) in [6.07, 6.45) is 2.15. The monoisotopic (exact) mass is 359 g/mol. The van der Waals surface area contributed by atoms with Gasteiger partial charge in [-0.05, 0) is 55.7 Å². The fourth-order valence-corrected chi connectivity index (χ4v) is 4.67. The molecule has 1 aromatic heterocycles. The number of benzene rings is 1. The van der Waals surface area contributed by atoms with Crippen LogP contribution in [0.1, 0.15) is 28.0 Å². The summed E-state index contributed by atoms with van der Waals surface area (Å²) in [5, 5.41) is 6.00. The second kappa shape index (κ2) is 6.84. The van der Waals surface area contributed by atoms with Gasteiger partial charge in [-0.2, -0.15) is 0 Å². The molecular formula is C18H21N3O3S. The third-order valence-corrected chi connectivity index (χ3v) is 5.85. The van der Waals surface area contributed by atoms with E-state index >= 15 is 0 Å². The summed E-state index contributed by atoms with van der Waals surface area (Å²) >= 11 is 0. The number of carbonyl (C=O) groups is 1. The van der Waals surface area contributed by atoms with Crippen LogP contribution in [-0.4, -0.2) is 36.9 Å². The molecule has 25 heavy (non-hydrogen) atoms. The lowest BCUT2D eigenvalue weighted by Crippen LogP contribution is -2.21. The van der Waals surface area contributed by atoms with Crippen LogP contribution in [0, 0.1) is 13.8 Å². The number of rotatable bonds is 4. The molecule has 0 radical (unpaired) electrons. The molecule has 1 saturated heterocycles. The molecule has 1 atom stereocenters. The third-order valence-electron chi connectivity index (χ3n) is 4.08. The van der Waals surface area contributed by atoms with E-state index in [1.165, 1.54) is 0 Å². The number of sulfone groups is 1. The van der Waals surface area contributed by atoms with Gasteiger partial charge in [-0.25, -0.2) is 13.4 Å². The van der Waals surface area contributed by atoms with E-state index in [1.54, 1.807) is 18.3 Å². The Morgan fingerprint density at radius 2 is 1.84 bits per heavy atom. The van der Waals surface area contributed by atoms with Gasteiger partial charge in [-0.15, -0.1) is 0 Å². The largest absolute Gasteiger partial charge is 0.380 e. The lowest BCUT2D eigenvalue weighted by atomic mass is 10.1. The number of aryl methyl sites for hydroxylation is 2. The number of amides is 1. The Hall–Kier alpha value is -2.41. The van der Waals surface area contributed by atoms with Crippen molar-refractivity contribution in [3.63, 3.8) is 0 Å². The quantitative estimate of drug-likeness (QED) is 0.876. The van der Waals surface area contributed by atoms with Crippen LogP contribution in [0.2, 0.25) is 0 Å². The van der Waals surface area contributed by atoms with Crippen molar-refractivity contribution in [2.24, 2.45) is 0 Å². The SMILES string of the molecule is Cc1cc(C)cc(NC(=O)c2ccc(NC3CCS(=O)(=O)C3)cn2)c1. The van der Waals surface area contributed by atoms with Gasteiger partial charge in [-0.1, -0.05) is 6.07 Å². The molecule has 0 saturated carbocycles. The minimum Gasteiger partial charge on any atom is -0.380 e. The van der Waals surface area contributed by atoms with Crippen LogP contribution in [0.25, 0.3) is 0 Å². The summed E-state index contributed by atoms with van der Waals surface area (Å²) in [5.74, 6) is 0.0798. The van der Waals surface area contributed by atoms with Crippen molar-refractivity contribution < 1.29 is 13.2 Å². The Morgan fingerprint density at radius 1 is 1.12 bits per heavy atom. The summed E-state index contributed by atoms with van der Waals surface area (Å²) < 4.78 is 23.0. The predicted octanol–water partition coefficient (Wildman–Crippen LogP) is 2.55. The molecular weight excluding hydrogens is 338 g/mol. The smallest absolute Gasteiger partial charge is 0.274 e. The molecule has 2 N–H and O–H groups in total. The number of nitrogens with zero attached hydrogens (tertiary/aromatic N) is 1. The standard InChI is InChI=1S/C18H21N3O3S/c1-12-7-13(2)9-16(8-12)21-18(22)17-4-3-14(10-19-17)20-15-5-6-25(23,24)11-15/h3-4,7-10,15,20H,5-6,11H2,1-2H3,(H,21,22). The number of hydrogen-bond donors (Lipinski definition) is 2. The van der Waals surface area contributed by atoms with Crippen molar-refractivity contribution in [3.05, 3.63) is 53.3 Å². The first-order valence-corrected chi connectivity index (χ1v) is 9.95. The Balaban J connectivity index is 1.64. The third kappa shape index (κ3) is 4.57. The van der Waals surface area contributed by atoms with Gasteiger partial charge in [0.2, 0.25) is 0 Å². The van der Waals surface area contributed by atoms with E-state index in [0.29, 0.717) is 17.8 Å². The van der Waals surface area contributed by atoms with Crippen molar-refractivity contribution in [2.45, 2.75) is 26.3 Å². The van der Waals surface area contributed by atoms with Crippen molar-refractivity contribution in [2.75, 3.05) is 22.1 Å². The van der Waals surface area contributed by atoms with Gasteiger partial charge in [0, 0.05) is 11.7 Å². The van der Waals surface area contributed by atoms with Crippen molar-refractivity contribution in [3.8, 4) is 0 Å². The first-order valence-electron chi connectivity index (χ1n) is 8.13. The lowest BCUT2D eigenvalue weighted by Gasteiger charge is -2.12. The average molecular weight is 359 g/mol. The maximum atomic E-state index is 12.3. The van der Waals surface area contributed by atoms with E-state index in [4.69, 9.17) is 0 Å². The molecule has 1 aliphatic rings. The van der Waals surface area contributed by atoms with Crippen LogP contribution in [0.5, 0.6) is 0 Å². The van der Waals surface area contributed by atoms with Gasteiger partial charge >= 0.3 is 0 Å². The topological polar surface area (TPSA) is 88.2 Å². The van der Waals surface area contributed by atoms with Crippen molar-refractivity contribution in [1.29, 1.82) is 0 Å². The molecule has 1 unspecified atom stereocenters. The first-order chi connectivity index (χ1) is 11.8. The molecule has 1 aromatic carbocycles. The second-order valence-corrected chi connectivity index (χ2v) is 8.74. The Labute approximate surface area is 147 Å². The van der Waals surface area contributed by atoms with E-state index in [-0.39, 0.29) is 23.5 Å². The highest BCUT2D eigenvalue weighted by Gasteiger charge is 2.27. The summed E-state index contributed by atoms with van der Waals surface area (Å²) in [6, 6.07) is 9.13. The molecule has 1 amide bonds. The molecule has 132 valence electrons. The minimum absolute atomic E-state index is 0.0956. The number of nitrogens with one attached hydrogen (secondary N) is 2. The van der Waals surface area contributed by atoms with Gasteiger partial charge in [0.15, 0.2) is 9.84 Å². The molecule has 1 fully saturated rings. The van der Waals surface area contributed by atoms with Gasteiger partial charge in [0.1, 0.15) is 5.69 Å². The van der Waals surface area contributed by atoms with Crippen LogP contribution >= 0.6 is 0 Å². The fourth-order valence-electron chi connectivity index (χ4n) is 3.00. The van der Waals surface area contributed by atoms with Crippen LogP contribution in [0.3, 0.4) is 0 Å². The van der Waals surface area contributed by atoms with Crippen LogP contribution < -0.4 is 10.6 Å². The number of carbonyl (C=O) groups excluding carboxylic acids is 1. The zero-order chi connectivity index (χ0) is 18.0. The normalized spacial score (nSPS) is 18.7. The van der Waals surface area contributed by atoms with E-state index in [9.17, 15) is 13.2 Å². The Kier molecular flexibility index (Phi) is 4.76. The van der Waals surface area contributed by atoms with Crippen molar-refractivity contribution in [1.82, 2.24) is 4.98 Å².